The van der Waals surface area contributed by atoms with Crippen LogP contribution in [0, 0.1) is 0 Å². The predicted octanol–water partition coefficient (Wildman–Crippen LogP) is 2.71. The summed E-state index contributed by atoms with van der Waals surface area (Å²) < 4.78 is 11.2. The van der Waals surface area contributed by atoms with Crippen molar-refractivity contribution < 1.29 is 9.47 Å². The van der Waals surface area contributed by atoms with Crippen LogP contribution in [-0.4, -0.2) is 33.9 Å². The molecular weight excluding hydrogens is 282 g/mol. The molecule has 17 heavy (non-hydrogen) atoms. The van der Waals surface area contributed by atoms with Crippen molar-refractivity contribution in [3.05, 3.63) is 34.3 Å². The fourth-order valence-electron chi connectivity index (χ4n) is 1.32. The van der Waals surface area contributed by atoms with Crippen LogP contribution >= 0.6 is 15.9 Å². The van der Waals surface area contributed by atoms with Crippen LogP contribution in [0.3, 0.4) is 0 Å². The second-order valence-corrected chi connectivity index (χ2v) is 4.34. The molecule has 0 atom stereocenters. The number of methoxy groups -OCH3 is 2. The molecule has 3 nitrogen and oxygen atoms in total. The summed E-state index contributed by atoms with van der Waals surface area (Å²) in [6.45, 7) is 2.42. The van der Waals surface area contributed by atoms with Crippen LogP contribution in [0.15, 0.2) is 28.7 Å². The number of halogens is 1. The highest BCUT2D eigenvalue weighted by atomic mass is 79.9. The van der Waals surface area contributed by atoms with E-state index >= 15 is 0 Å². The Kier molecular flexibility index (Phi) is 6.93. The van der Waals surface area contributed by atoms with Gasteiger partial charge in [-0.25, -0.2) is 0 Å². The average molecular weight is 300 g/mol. The molecule has 0 bridgehead atoms. The highest BCUT2D eigenvalue weighted by molar-refractivity contribution is 9.10. The summed E-state index contributed by atoms with van der Waals surface area (Å²) in [6, 6.07) is 5.91. The Morgan fingerprint density at radius 3 is 2.88 bits per heavy atom. The van der Waals surface area contributed by atoms with E-state index < -0.39 is 0 Å². The molecule has 0 aromatic heterocycles. The van der Waals surface area contributed by atoms with Crippen molar-refractivity contribution in [1.29, 1.82) is 0 Å². The standard InChI is InChI=1S/C13H18BrNO2/c1-16-9-8-15-7-3-4-11-10-12(17-2)5-6-13(11)14/h3-6,10,15H,7-9H2,1-2H3/b4-3+. The van der Waals surface area contributed by atoms with E-state index in [4.69, 9.17) is 9.47 Å². The second kappa shape index (κ2) is 8.28. The van der Waals surface area contributed by atoms with Crippen LogP contribution in [0.1, 0.15) is 5.56 Å². The summed E-state index contributed by atoms with van der Waals surface area (Å²) in [7, 11) is 3.37. The molecule has 0 radical (unpaired) electrons. The van der Waals surface area contributed by atoms with Gasteiger partial charge in [0.25, 0.3) is 0 Å². The maximum Gasteiger partial charge on any atom is 0.119 e. The third-order valence-electron chi connectivity index (χ3n) is 2.25. The third kappa shape index (κ3) is 5.35. The molecule has 1 aromatic carbocycles. The lowest BCUT2D eigenvalue weighted by Crippen LogP contribution is -2.18. The normalized spacial score (nSPS) is 11.0. The van der Waals surface area contributed by atoms with Crippen molar-refractivity contribution in [1.82, 2.24) is 5.32 Å². The minimum Gasteiger partial charge on any atom is -0.497 e. The summed E-state index contributed by atoms with van der Waals surface area (Å²) in [5.74, 6) is 0.861. The Balaban J connectivity index is 2.46. The summed E-state index contributed by atoms with van der Waals surface area (Å²) in [4.78, 5) is 0. The van der Waals surface area contributed by atoms with E-state index in [1.165, 1.54) is 0 Å². The molecule has 94 valence electrons. The number of rotatable bonds is 7. The van der Waals surface area contributed by atoms with Gasteiger partial charge in [-0.15, -0.1) is 0 Å². The summed E-state index contributed by atoms with van der Waals surface area (Å²) >= 11 is 3.51. The molecule has 0 aliphatic carbocycles. The van der Waals surface area contributed by atoms with E-state index in [1.54, 1.807) is 14.2 Å². The van der Waals surface area contributed by atoms with Crippen LogP contribution in [0.4, 0.5) is 0 Å². The molecule has 0 amide bonds. The molecule has 0 aliphatic heterocycles. The zero-order valence-corrected chi connectivity index (χ0v) is 11.8. The predicted molar refractivity (Wildman–Crippen MR) is 74.5 cm³/mol. The SMILES string of the molecule is COCCNC/C=C/c1cc(OC)ccc1Br. The number of benzene rings is 1. The van der Waals surface area contributed by atoms with Crippen molar-refractivity contribution >= 4 is 22.0 Å². The smallest absolute Gasteiger partial charge is 0.119 e. The molecular formula is C13H18BrNO2. The summed E-state index contributed by atoms with van der Waals surface area (Å²) in [6.07, 6.45) is 4.14. The van der Waals surface area contributed by atoms with Crippen molar-refractivity contribution in [2.24, 2.45) is 0 Å². The molecule has 1 N–H and O–H groups in total. The highest BCUT2D eigenvalue weighted by Gasteiger charge is 1.97. The summed E-state index contributed by atoms with van der Waals surface area (Å²) in [5, 5.41) is 3.25. The molecule has 0 heterocycles. The second-order valence-electron chi connectivity index (χ2n) is 3.49. The van der Waals surface area contributed by atoms with Crippen LogP contribution in [-0.2, 0) is 4.74 Å². The van der Waals surface area contributed by atoms with Gasteiger partial charge in [0.15, 0.2) is 0 Å². The van der Waals surface area contributed by atoms with E-state index in [9.17, 15) is 0 Å². The molecule has 0 unspecified atom stereocenters. The minimum atomic E-state index is 0.733. The average Bonchev–Trinajstić information content (AvgIpc) is 2.35. The van der Waals surface area contributed by atoms with Crippen LogP contribution in [0.25, 0.3) is 6.08 Å². The van der Waals surface area contributed by atoms with Gasteiger partial charge in [0.05, 0.1) is 13.7 Å². The molecule has 0 fully saturated rings. The maximum absolute atomic E-state index is 5.18. The van der Waals surface area contributed by atoms with Gasteiger partial charge in [0.2, 0.25) is 0 Å². The fraction of sp³-hybridized carbons (Fsp3) is 0.385. The van der Waals surface area contributed by atoms with Gasteiger partial charge in [-0.2, -0.15) is 0 Å². The van der Waals surface area contributed by atoms with Crippen molar-refractivity contribution in [3.63, 3.8) is 0 Å². The Bertz CT molecular complexity index is 366. The van der Waals surface area contributed by atoms with E-state index in [-0.39, 0.29) is 0 Å². The molecule has 0 spiro atoms. The Hall–Kier alpha value is -0.840. The van der Waals surface area contributed by atoms with Crippen LogP contribution in [0.5, 0.6) is 5.75 Å². The first-order valence-electron chi connectivity index (χ1n) is 5.47. The Labute approximate surface area is 111 Å². The zero-order valence-electron chi connectivity index (χ0n) is 10.2. The maximum atomic E-state index is 5.18. The molecule has 4 heteroatoms. The van der Waals surface area contributed by atoms with Gasteiger partial charge in [-0.05, 0) is 23.8 Å². The van der Waals surface area contributed by atoms with Crippen molar-refractivity contribution in [2.45, 2.75) is 0 Å². The van der Waals surface area contributed by atoms with Gasteiger partial charge in [0.1, 0.15) is 5.75 Å². The van der Waals surface area contributed by atoms with Crippen molar-refractivity contribution in [3.8, 4) is 5.75 Å². The monoisotopic (exact) mass is 299 g/mol. The van der Waals surface area contributed by atoms with Gasteiger partial charge >= 0.3 is 0 Å². The lowest BCUT2D eigenvalue weighted by atomic mass is 10.2. The van der Waals surface area contributed by atoms with Gasteiger partial charge in [-0.1, -0.05) is 28.1 Å². The number of ether oxygens (including phenoxy) is 2. The molecule has 1 rings (SSSR count). The van der Waals surface area contributed by atoms with Crippen LogP contribution in [0.2, 0.25) is 0 Å². The Morgan fingerprint density at radius 1 is 1.35 bits per heavy atom. The zero-order chi connectivity index (χ0) is 12.5. The van der Waals surface area contributed by atoms with E-state index in [2.05, 4.69) is 33.4 Å². The highest BCUT2D eigenvalue weighted by Crippen LogP contribution is 2.23. The lowest BCUT2D eigenvalue weighted by Gasteiger charge is -2.03. The molecule has 0 saturated carbocycles. The van der Waals surface area contributed by atoms with Gasteiger partial charge in [-0.3, -0.25) is 0 Å². The first kappa shape index (κ1) is 14.2. The fourth-order valence-corrected chi connectivity index (χ4v) is 1.70. The minimum absolute atomic E-state index is 0.733. The number of nitrogens with one attached hydrogen (secondary N) is 1. The van der Waals surface area contributed by atoms with Gasteiger partial charge in [0, 0.05) is 24.7 Å². The van der Waals surface area contributed by atoms with E-state index in [1.807, 2.05) is 18.2 Å². The van der Waals surface area contributed by atoms with E-state index in [0.29, 0.717) is 0 Å². The number of hydrogen-bond acceptors (Lipinski definition) is 3. The summed E-state index contributed by atoms with van der Waals surface area (Å²) in [5.41, 5.74) is 1.11. The van der Waals surface area contributed by atoms with Crippen molar-refractivity contribution in [2.75, 3.05) is 33.9 Å². The third-order valence-corrected chi connectivity index (χ3v) is 2.97. The topological polar surface area (TPSA) is 30.5 Å². The van der Waals surface area contributed by atoms with E-state index in [0.717, 1.165) is 35.5 Å². The first-order valence-corrected chi connectivity index (χ1v) is 6.27. The largest absolute Gasteiger partial charge is 0.497 e. The molecule has 0 aliphatic rings. The molecule has 1 aromatic rings. The molecule has 0 saturated heterocycles. The number of hydrogen-bond donors (Lipinski definition) is 1. The first-order chi connectivity index (χ1) is 8.27. The lowest BCUT2D eigenvalue weighted by molar-refractivity contribution is 0.200. The van der Waals surface area contributed by atoms with Gasteiger partial charge < -0.3 is 14.8 Å². The van der Waals surface area contributed by atoms with Crippen LogP contribution < -0.4 is 10.1 Å². The Morgan fingerprint density at radius 2 is 2.18 bits per heavy atom. The quantitative estimate of drug-likeness (QED) is 0.785.